The van der Waals surface area contributed by atoms with E-state index in [2.05, 4.69) is 52.5 Å². The smallest absolute Gasteiger partial charge is 0.298 e. The summed E-state index contributed by atoms with van der Waals surface area (Å²) in [5.41, 5.74) is 2.80. The lowest BCUT2D eigenvalue weighted by Crippen LogP contribution is -2.41. The predicted molar refractivity (Wildman–Crippen MR) is 119 cm³/mol. The van der Waals surface area contributed by atoms with Gasteiger partial charge in [-0.05, 0) is 54.3 Å². The zero-order valence-electron chi connectivity index (χ0n) is 17.0. The molecule has 1 aromatic heterocycles. The van der Waals surface area contributed by atoms with E-state index >= 15 is 0 Å². The Morgan fingerprint density at radius 3 is 2.57 bits per heavy atom. The standard InChI is InChI=1S/C25H25N3O2/c1-17(20-11-10-18-6-2-3-7-21(18)16-20)26-24(29)19-12-14-28(15-13-19)25-27-22-8-4-5-9-23(22)30-25/h2-11,16-17,19H,12-15H2,1H3,(H,26,29). The van der Waals surface area contributed by atoms with Gasteiger partial charge in [0.2, 0.25) is 5.91 Å². The van der Waals surface area contributed by atoms with Gasteiger partial charge in [0.1, 0.15) is 5.52 Å². The average Bonchev–Trinajstić information content (AvgIpc) is 3.23. The van der Waals surface area contributed by atoms with Crippen LogP contribution in [0.15, 0.2) is 71.1 Å². The summed E-state index contributed by atoms with van der Waals surface area (Å²) in [5.74, 6) is 0.154. The molecule has 1 aliphatic rings. The number of rotatable bonds is 4. The number of hydrogen-bond acceptors (Lipinski definition) is 4. The third kappa shape index (κ3) is 3.63. The van der Waals surface area contributed by atoms with Crippen LogP contribution in [0.25, 0.3) is 21.9 Å². The molecule has 1 N–H and O–H groups in total. The zero-order chi connectivity index (χ0) is 20.5. The van der Waals surface area contributed by atoms with Gasteiger partial charge in [-0.3, -0.25) is 4.79 Å². The number of amides is 1. The van der Waals surface area contributed by atoms with E-state index < -0.39 is 0 Å². The Kier molecular flexibility index (Phi) is 4.87. The van der Waals surface area contributed by atoms with Gasteiger partial charge in [0.05, 0.1) is 6.04 Å². The average molecular weight is 399 g/mol. The number of para-hydroxylation sites is 2. The molecule has 1 fully saturated rings. The van der Waals surface area contributed by atoms with Gasteiger partial charge < -0.3 is 14.6 Å². The number of carbonyl (C=O) groups is 1. The van der Waals surface area contributed by atoms with Crippen LogP contribution in [0.2, 0.25) is 0 Å². The van der Waals surface area contributed by atoms with Crippen LogP contribution in [0.3, 0.4) is 0 Å². The number of nitrogens with one attached hydrogen (secondary N) is 1. The number of carbonyl (C=O) groups excluding carboxylic acids is 1. The van der Waals surface area contributed by atoms with E-state index in [-0.39, 0.29) is 17.9 Å². The molecule has 1 aliphatic heterocycles. The van der Waals surface area contributed by atoms with E-state index in [4.69, 9.17) is 4.42 Å². The van der Waals surface area contributed by atoms with Crippen LogP contribution in [0.5, 0.6) is 0 Å². The molecule has 1 atom stereocenters. The van der Waals surface area contributed by atoms with Gasteiger partial charge in [-0.2, -0.15) is 4.98 Å². The fraction of sp³-hybridized carbons (Fsp3) is 0.280. The molecule has 4 aromatic rings. The van der Waals surface area contributed by atoms with Crippen molar-refractivity contribution in [1.82, 2.24) is 10.3 Å². The van der Waals surface area contributed by atoms with E-state index in [1.807, 2.05) is 36.4 Å². The second kappa shape index (κ2) is 7.82. The van der Waals surface area contributed by atoms with Crippen molar-refractivity contribution in [2.24, 2.45) is 5.92 Å². The highest BCUT2D eigenvalue weighted by atomic mass is 16.4. The van der Waals surface area contributed by atoms with Crippen molar-refractivity contribution in [3.05, 3.63) is 72.3 Å². The molecule has 0 aliphatic carbocycles. The first-order valence-electron chi connectivity index (χ1n) is 10.6. The zero-order valence-corrected chi connectivity index (χ0v) is 17.0. The van der Waals surface area contributed by atoms with Gasteiger partial charge in [0.15, 0.2) is 5.58 Å². The first-order chi connectivity index (χ1) is 14.7. The Morgan fingerprint density at radius 2 is 1.77 bits per heavy atom. The lowest BCUT2D eigenvalue weighted by atomic mass is 9.95. The fourth-order valence-electron chi connectivity index (χ4n) is 4.22. The molecule has 0 spiro atoms. The maximum atomic E-state index is 12.9. The van der Waals surface area contributed by atoms with Gasteiger partial charge in [0.25, 0.3) is 6.01 Å². The van der Waals surface area contributed by atoms with Crippen LogP contribution in [-0.2, 0) is 4.79 Å². The lowest BCUT2D eigenvalue weighted by Gasteiger charge is -2.30. The van der Waals surface area contributed by atoms with E-state index in [1.165, 1.54) is 10.8 Å². The molecule has 1 unspecified atom stereocenters. The highest BCUT2D eigenvalue weighted by Crippen LogP contribution is 2.27. The second-order valence-corrected chi connectivity index (χ2v) is 8.06. The Balaban J connectivity index is 1.20. The van der Waals surface area contributed by atoms with Crippen molar-refractivity contribution in [1.29, 1.82) is 0 Å². The topological polar surface area (TPSA) is 58.4 Å². The monoisotopic (exact) mass is 399 g/mol. The minimum absolute atomic E-state index is 0.0165. The van der Waals surface area contributed by atoms with Crippen LogP contribution in [0.4, 0.5) is 6.01 Å². The first-order valence-corrected chi connectivity index (χ1v) is 10.6. The summed E-state index contributed by atoms with van der Waals surface area (Å²) < 4.78 is 5.88. The van der Waals surface area contributed by atoms with Crippen LogP contribution in [-0.4, -0.2) is 24.0 Å². The summed E-state index contributed by atoms with van der Waals surface area (Å²) in [5, 5.41) is 5.62. The summed E-state index contributed by atoms with van der Waals surface area (Å²) in [6, 6.07) is 23.1. The molecule has 3 aromatic carbocycles. The lowest BCUT2D eigenvalue weighted by molar-refractivity contribution is -0.126. The van der Waals surface area contributed by atoms with E-state index in [9.17, 15) is 4.79 Å². The Hall–Kier alpha value is -3.34. The third-order valence-corrected chi connectivity index (χ3v) is 6.05. The predicted octanol–water partition coefficient (Wildman–Crippen LogP) is 5.07. The largest absolute Gasteiger partial charge is 0.423 e. The molecule has 5 heteroatoms. The fourth-order valence-corrected chi connectivity index (χ4v) is 4.22. The van der Waals surface area contributed by atoms with Crippen molar-refractivity contribution in [2.75, 3.05) is 18.0 Å². The third-order valence-electron chi connectivity index (χ3n) is 6.05. The molecule has 1 amide bonds. The van der Waals surface area contributed by atoms with Crippen molar-refractivity contribution in [3.8, 4) is 0 Å². The number of oxazole rings is 1. The summed E-state index contributed by atoms with van der Waals surface area (Å²) in [6.07, 6.45) is 1.60. The number of benzene rings is 3. The Bertz CT molecular complexity index is 1160. The minimum atomic E-state index is -0.0165. The number of nitrogens with zero attached hydrogens (tertiary/aromatic N) is 2. The second-order valence-electron chi connectivity index (χ2n) is 8.06. The van der Waals surface area contributed by atoms with Gasteiger partial charge in [-0.25, -0.2) is 0 Å². The number of aromatic nitrogens is 1. The van der Waals surface area contributed by atoms with Crippen molar-refractivity contribution in [3.63, 3.8) is 0 Å². The normalized spacial score (nSPS) is 16.1. The molecule has 152 valence electrons. The van der Waals surface area contributed by atoms with Crippen LogP contribution < -0.4 is 10.2 Å². The van der Waals surface area contributed by atoms with Gasteiger partial charge in [-0.1, -0.05) is 48.5 Å². The van der Waals surface area contributed by atoms with E-state index in [0.29, 0.717) is 6.01 Å². The van der Waals surface area contributed by atoms with Crippen molar-refractivity contribution < 1.29 is 9.21 Å². The Morgan fingerprint density at radius 1 is 1.03 bits per heavy atom. The summed E-state index contributed by atoms with van der Waals surface area (Å²) in [4.78, 5) is 19.6. The number of anilines is 1. The molecule has 30 heavy (non-hydrogen) atoms. The molecule has 0 saturated carbocycles. The van der Waals surface area contributed by atoms with Crippen molar-refractivity contribution in [2.45, 2.75) is 25.8 Å². The number of fused-ring (bicyclic) bond motifs is 2. The molecule has 1 saturated heterocycles. The van der Waals surface area contributed by atoms with Crippen LogP contribution >= 0.6 is 0 Å². The van der Waals surface area contributed by atoms with Crippen LogP contribution in [0.1, 0.15) is 31.4 Å². The summed E-state index contributed by atoms with van der Waals surface area (Å²) >= 11 is 0. The maximum absolute atomic E-state index is 12.9. The molecule has 0 bridgehead atoms. The highest BCUT2D eigenvalue weighted by Gasteiger charge is 2.28. The molecule has 0 radical (unpaired) electrons. The van der Waals surface area contributed by atoms with Crippen molar-refractivity contribution >= 4 is 33.8 Å². The Labute approximate surface area is 175 Å². The van der Waals surface area contributed by atoms with Gasteiger partial charge >= 0.3 is 0 Å². The number of hydrogen-bond donors (Lipinski definition) is 1. The SMILES string of the molecule is CC(NC(=O)C1CCN(c2nc3ccccc3o2)CC1)c1ccc2ccccc2c1. The molecule has 2 heterocycles. The molecule has 5 nitrogen and oxygen atoms in total. The van der Waals surface area contributed by atoms with E-state index in [0.717, 1.165) is 42.6 Å². The quantitative estimate of drug-likeness (QED) is 0.520. The van der Waals surface area contributed by atoms with Crippen LogP contribution in [0, 0.1) is 5.92 Å². The molecular weight excluding hydrogens is 374 g/mol. The maximum Gasteiger partial charge on any atom is 0.298 e. The minimum Gasteiger partial charge on any atom is -0.423 e. The number of piperidine rings is 1. The first kappa shape index (κ1) is 18.7. The molecule has 5 rings (SSSR count). The van der Waals surface area contributed by atoms with E-state index in [1.54, 1.807) is 0 Å². The summed E-state index contributed by atoms with van der Waals surface area (Å²) in [6.45, 7) is 3.60. The van der Waals surface area contributed by atoms with Gasteiger partial charge in [0, 0.05) is 19.0 Å². The summed E-state index contributed by atoms with van der Waals surface area (Å²) in [7, 11) is 0. The van der Waals surface area contributed by atoms with Gasteiger partial charge in [-0.15, -0.1) is 0 Å². The highest BCUT2D eigenvalue weighted by molar-refractivity contribution is 5.84. The molecular formula is C25H25N3O2.